The highest BCUT2D eigenvalue weighted by Crippen LogP contribution is 2.28. The van der Waals surface area contributed by atoms with Gasteiger partial charge in [-0.25, -0.2) is 9.97 Å². The van der Waals surface area contributed by atoms with Crippen LogP contribution < -0.4 is 5.32 Å². The predicted octanol–water partition coefficient (Wildman–Crippen LogP) is 3.80. The minimum atomic E-state index is 0.589. The Balaban J connectivity index is 1.67. The molecule has 5 heteroatoms. The fourth-order valence-electron chi connectivity index (χ4n) is 2.90. The monoisotopic (exact) mass is 378 g/mol. The van der Waals surface area contributed by atoms with E-state index in [4.69, 9.17) is 0 Å². The molecule has 1 fully saturated rings. The normalized spacial score (nSPS) is 20.9. The van der Waals surface area contributed by atoms with E-state index in [-0.39, 0.29) is 0 Å². The standard InChI is InChI=1S/C18H27BrN4/c1-3-23(4-2)11-5-6-15-7-9-16(10-8-15)12-20-18-21-13-17(19)14-22-18/h13-16H,3-4,7-12H2,1-2H3,(H,20,21,22)/t15-,16-. The van der Waals surface area contributed by atoms with Crippen molar-refractivity contribution in [2.75, 3.05) is 31.5 Å². The average Bonchev–Trinajstić information content (AvgIpc) is 2.59. The summed E-state index contributed by atoms with van der Waals surface area (Å²) < 4.78 is 0.909. The number of anilines is 1. The van der Waals surface area contributed by atoms with Gasteiger partial charge in [0.05, 0.1) is 11.0 Å². The van der Waals surface area contributed by atoms with Crippen molar-refractivity contribution in [2.45, 2.75) is 39.5 Å². The Kier molecular flexibility index (Phi) is 7.84. The maximum Gasteiger partial charge on any atom is 0.222 e. The fourth-order valence-corrected chi connectivity index (χ4v) is 3.10. The SMILES string of the molecule is CCN(CC)CC#C[C@H]1CC[C@H](CNc2ncc(Br)cn2)CC1. The number of hydrogen-bond acceptors (Lipinski definition) is 4. The Labute approximate surface area is 148 Å². The molecule has 1 aliphatic rings. The highest BCUT2D eigenvalue weighted by atomic mass is 79.9. The Morgan fingerprint density at radius 1 is 1.17 bits per heavy atom. The van der Waals surface area contributed by atoms with E-state index >= 15 is 0 Å². The molecule has 0 atom stereocenters. The van der Waals surface area contributed by atoms with E-state index in [1.165, 1.54) is 25.7 Å². The Morgan fingerprint density at radius 2 is 1.83 bits per heavy atom. The number of rotatable bonds is 6. The lowest BCUT2D eigenvalue weighted by Crippen LogP contribution is -2.23. The van der Waals surface area contributed by atoms with Crippen LogP contribution in [0.2, 0.25) is 0 Å². The molecule has 23 heavy (non-hydrogen) atoms. The first kappa shape index (κ1) is 18.2. The number of nitrogens with zero attached hydrogens (tertiary/aromatic N) is 3. The molecule has 2 rings (SSSR count). The van der Waals surface area contributed by atoms with Gasteiger partial charge in [0.25, 0.3) is 0 Å². The summed E-state index contributed by atoms with van der Waals surface area (Å²) in [6.07, 6.45) is 8.48. The van der Waals surface area contributed by atoms with Crippen LogP contribution in [0.15, 0.2) is 16.9 Å². The van der Waals surface area contributed by atoms with E-state index < -0.39 is 0 Å². The molecular formula is C18H27BrN4. The van der Waals surface area contributed by atoms with Gasteiger partial charge in [-0.2, -0.15) is 0 Å². The van der Waals surface area contributed by atoms with Crippen molar-refractivity contribution in [1.29, 1.82) is 0 Å². The average molecular weight is 379 g/mol. The second-order valence-electron chi connectivity index (χ2n) is 6.11. The van der Waals surface area contributed by atoms with Crippen molar-refractivity contribution in [1.82, 2.24) is 14.9 Å². The summed E-state index contributed by atoms with van der Waals surface area (Å²) in [6.45, 7) is 8.43. The van der Waals surface area contributed by atoms with Gasteiger partial charge in [0.1, 0.15) is 0 Å². The molecule has 4 nitrogen and oxygen atoms in total. The molecule has 1 saturated carbocycles. The molecule has 0 aliphatic heterocycles. The molecule has 126 valence electrons. The maximum absolute atomic E-state index is 4.25. The number of halogens is 1. The van der Waals surface area contributed by atoms with Crippen molar-refractivity contribution < 1.29 is 0 Å². The zero-order valence-electron chi connectivity index (χ0n) is 14.2. The highest BCUT2D eigenvalue weighted by Gasteiger charge is 2.19. The molecule has 0 bridgehead atoms. The third-order valence-corrected chi connectivity index (χ3v) is 4.93. The predicted molar refractivity (Wildman–Crippen MR) is 99.2 cm³/mol. The Bertz CT molecular complexity index is 508. The van der Waals surface area contributed by atoms with E-state index in [0.29, 0.717) is 17.8 Å². The molecule has 0 spiro atoms. The maximum atomic E-state index is 4.25. The van der Waals surface area contributed by atoms with Crippen molar-refractivity contribution in [3.8, 4) is 11.8 Å². The molecule has 0 amide bonds. The van der Waals surface area contributed by atoms with Crippen LogP contribution in [0.25, 0.3) is 0 Å². The molecule has 1 aliphatic carbocycles. The molecule has 1 aromatic heterocycles. The summed E-state index contributed by atoms with van der Waals surface area (Å²) in [6, 6.07) is 0. The van der Waals surface area contributed by atoms with Crippen LogP contribution in [0.1, 0.15) is 39.5 Å². The smallest absolute Gasteiger partial charge is 0.222 e. The first-order chi connectivity index (χ1) is 11.2. The molecular weight excluding hydrogens is 352 g/mol. The van der Waals surface area contributed by atoms with E-state index in [1.54, 1.807) is 12.4 Å². The first-order valence-electron chi connectivity index (χ1n) is 8.63. The first-order valence-corrected chi connectivity index (χ1v) is 9.42. The topological polar surface area (TPSA) is 41.0 Å². The molecule has 1 heterocycles. The zero-order chi connectivity index (χ0) is 16.5. The lowest BCUT2D eigenvalue weighted by Gasteiger charge is -2.25. The van der Waals surface area contributed by atoms with E-state index in [9.17, 15) is 0 Å². The van der Waals surface area contributed by atoms with Gasteiger partial charge in [0.2, 0.25) is 5.95 Å². The van der Waals surface area contributed by atoms with Gasteiger partial charge in [-0.1, -0.05) is 25.7 Å². The minimum absolute atomic E-state index is 0.589. The Morgan fingerprint density at radius 3 is 2.43 bits per heavy atom. The van der Waals surface area contributed by atoms with Gasteiger partial charge in [0.15, 0.2) is 0 Å². The van der Waals surface area contributed by atoms with Crippen LogP contribution in [0.4, 0.5) is 5.95 Å². The van der Waals surface area contributed by atoms with Gasteiger partial charge in [-0.3, -0.25) is 4.90 Å². The van der Waals surface area contributed by atoms with Crippen molar-refractivity contribution >= 4 is 21.9 Å². The molecule has 1 N–H and O–H groups in total. The number of hydrogen-bond donors (Lipinski definition) is 1. The number of nitrogens with one attached hydrogen (secondary N) is 1. The molecule has 0 unspecified atom stereocenters. The van der Waals surface area contributed by atoms with Gasteiger partial charge in [0, 0.05) is 24.9 Å². The molecule has 0 radical (unpaired) electrons. The van der Waals surface area contributed by atoms with Gasteiger partial charge in [-0.15, -0.1) is 0 Å². The quantitative estimate of drug-likeness (QED) is 0.764. The molecule has 1 aromatic rings. The van der Waals surface area contributed by atoms with Crippen molar-refractivity contribution in [3.05, 3.63) is 16.9 Å². The second kappa shape index (κ2) is 9.89. The Hall–Kier alpha value is -1.12. The van der Waals surface area contributed by atoms with E-state index in [1.807, 2.05) is 0 Å². The zero-order valence-corrected chi connectivity index (χ0v) is 15.8. The van der Waals surface area contributed by atoms with Gasteiger partial charge >= 0.3 is 0 Å². The van der Waals surface area contributed by atoms with Crippen LogP contribution in [-0.2, 0) is 0 Å². The summed E-state index contributed by atoms with van der Waals surface area (Å²) >= 11 is 3.35. The number of aromatic nitrogens is 2. The van der Waals surface area contributed by atoms with Gasteiger partial charge < -0.3 is 5.32 Å². The third-order valence-electron chi connectivity index (χ3n) is 4.52. The van der Waals surface area contributed by atoms with Crippen molar-refractivity contribution in [3.63, 3.8) is 0 Å². The van der Waals surface area contributed by atoms with Crippen LogP contribution in [-0.4, -0.2) is 41.0 Å². The highest BCUT2D eigenvalue weighted by molar-refractivity contribution is 9.10. The van der Waals surface area contributed by atoms with Crippen LogP contribution in [0, 0.1) is 23.7 Å². The van der Waals surface area contributed by atoms with Crippen LogP contribution in [0.5, 0.6) is 0 Å². The lowest BCUT2D eigenvalue weighted by atomic mass is 9.82. The van der Waals surface area contributed by atoms with Crippen LogP contribution in [0.3, 0.4) is 0 Å². The summed E-state index contributed by atoms with van der Waals surface area (Å²) in [5.74, 6) is 8.87. The summed E-state index contributed by atoms with van der Waals surface area (Å²) in [5, 5.41) is 3.34. The fraction of sp³-hybridized carbons (Fsp3) is 0.667. The summed E-state index contributed by atoms with van der Waals surface area (Å²) in [7, 11) is 0. The van der Waals surface area contributed by atoms with Crippen LogP contribution >= 0.6 is 15.9 Å². The third kappa shape index (κ3) is 6.48. The summed E-state index contributed by atoms with van der Waals surface area (Å²) in [5.41, 5.74) is 0. The molecule has 0 saturated heterocycles. The largest absolute Gasteiger partial charge is 0.354 e. The lowest BCUT2D eigenvalue weighted by molar-refractivity contribution is 0.326. The van der Waals surface area contributed by atoms with Crippen molar-refractivity contribution in [2.24, 2.45) is 11.8 Å². The minimum Gasteiger partial charge on any atom is -0.354 e. The molecule has 0 aromatic carbocycles. The second-order valence-corrected chi connectivity index (χ2v) is 7.02. The van der Waals surface area contributed by atoms with E-state index in [2.05, 4.69) is 61.8 Å². The van der Waals surface area contributed by atoms with Gasteiger partial charge in [-0.05, 0) is 60.6 Å². The summed E-state index contributed by atoms with van der Waals surface area (Å²) in [4.78, 5) is 10.9. The van der Waals surface area contributed by atoms with E-state index in [0.717, 1.165) is 30.7 Å².